The number of carbonyl (C=O) groups is 2. The number of hydrogen-bond donors (Lipinski definition) is 1. The molecule has 5 aromatic rings. The first kappa shape index (κ1) is 35.5. The molecule has 1 saturated heterocycles. The highest BCUT2D eigenvalue weighted by Gasteiger charge is 2.33. The van der Waals surface area contributed by atoms with Crippen LogP contribution in [0.5, 0.6) is 5.75 Å². The van der Waals surface area contributed by atoms with Crippen LogP contribution < -0.4 is 4.90 Å². The zero-order chi connectivity index (χ0) is 36.2. The van der Waals surface area contributed by atoms with Gasteiger partial charge in [-0.05, 0) is 85.1 Å². The topological polar surface area (TPSA) is 87.5 Å². The summed E-state index contributed by atoms with van der Waals surface area (Å²) in [7, 11) is 1.90. The summed E-state index contributed by atoms with van der Waals surface area (Å²) in [6.45, 7) is 7.46. The Kier molecular flexibility index (Phi) is 10.7. The minimum absolute atomic E-state index is 0.111. The normalized spacial score (nSPS) is 16.1. The lowest BCUT2D eigenvalue weighted by molar-refractivity contribution is 0.00743. The van der Waals surface area contributed by atoms with Gasteiger partial charge in [-0.3, -0.25) is 19.4 Å². The van der Waals surface area contributed by atoms with Crippen LogP contribution in [0.4, 0.5) is 11.4 Å². The Balaban J connectivity index is 1.20. The second-order valence-electron chi connectivity index (χ2n) is 13.4. The van der Waals surface area contributed by atoms with Gasteiger partial charge in [-0.25, -0.2) is 0 Å². The number of benzene rings is 4. The largest absolute Gasteiger partial charge is 0.508 e. The van der Waals surface area contributed by atoms with E-state index in [1.54, 1.807) is 47.4 Å². The number of aromatic nitrogens is 1. The summed E-state index contributed by atoms with van der Waals surface area (Å²) < 4.78 is 13.7. The third-order valence-electron chi connectivity index (χ3n) is 10.2. The molecule has 1 aromatic heterocycles. The number of morpholine rings is 1. The first-order valence-corrected chi connectivity index (χ1v) is 18.1. The molecule has 1 N–H and O–H groups in total. The van der Waals surface area contributed by atoms with Gasteiger partial charge in [-0.1, -0.05) is 54.1 Å². The van der Waals surface area contributed by atoms with Crippen molar-refractivity contribution in [2.24, 2.45) is 7.05 Å². The van der Waals surface area contributed by atoms with Gasteiger partial charge < -0.3 is 24.0 Å². The predicted octanol–water partition coefficient (Wildman–Crippen LogP) is 7.25. The lowest BCUT2D eigenvalue weighted by Gasteiger charge is -2.37. The molecule has 10 heteroatoms. The van der Waals surface area contributed by atoms with Gasteiger partial charge in [-0.15, -0.1) is 0 Å². The van der Waals surface area contributed by atoms with E-state index in [0.29, 0.717) is 65.0 Å². The van der Waals surface area contributed by atoms with Crippen LogP contribution in [-0.2, 0) is 29.5 Å². The van der Waals surface area contributed by atoms with Crippen molar-refractivity contribution in [3.63, 3.8) is 0 Å². The summed E-state index contributed by atoms with van der Waals surface area (Å²) in [5, 5.41) is 10.5. The Bertz CT molecular complexity index is 2040. The summed E-state index contributed by atoms with van der Waals surface area (Å²) >= 11 is 6.62. The number of fused-ring (bicyclic) bond motifs is 1. The molecule has 4 aromatic carbocycles. The summed E-state index contributed by atoms with van der Waals surface area (Å²) in [4.78, 5) is 35.1. The number of halogens is 1. The Hall–Kier alpha value is -4.93. The van der Waals surface area contributed by atoms with Gasteiger partial charge in [-0.2, -0.15) is 0 Å². The van der Waals surface area contributed by atoms with Crippen LogP contribution >= 0.6 is 11.6 Å². The van der Waals surface area contributed by atoms with E-state index in [4.69, 9.17) is 21.1 Å². The standard InChI is InChI=1S/C42H43ClN4O5/c1-29-38(42(50)47(33-10-4-3-5-11-33)34-13-15-36(48)16-14-34)26-40(44(29)2)39-25-32(43)12-17-37(39)41(49)46-27-31-9-7-6-8-30(31)24-35(46)28-52-23-20-45-18-21-51-22-19-45/h3-17,25-26,35,48H,18-24,27-28H2,1-2H3/t35-/m1/s1. The molecule has 268 valence electrons. The second kappa shape index (κ2) is 15.8. The summed E-state index contributed by atoms with van der Waals surface area (Å²) in [5.41, 5.74) is 6.69. The van der Waals surface area contributed by atoms with Crippen LogP contribution in [-0.4, -0.2) is 83.4 Å². The fourth-order valence-corrected chi connectivity index (χ4v) is 7.31. The number of rotatable bonds is 10. The maximum Gasteiger partial charge on any atom is 0.264 e. The van der Waals surface area contributed by atoms with Crippen molar-refractivity contribution >= 4 is 34.8 Å². The first-order valence-electron chi connectivity index (χ1n) is 17.7. The summed E-state index contributed by atoms with van der Waals surface area (Å²) in [6, 6.07) is 31.2. The predicted molar refractivity (Wildman–Crippen MR) is 203 cm³/mol. The number of para-hydroxylation sites is 1. The second-order valence-corrected chi connectivity index (χ2v) is 13.8. The average Bonchev–Trinajstić information content (AvgIpc) is 3.47. The van der Waals surface area contributed by atoms with Gasteiger partial charge in [0.05, 0.1) is 38.0 Å². The van der Waals surface area contributed by atoms with Crippen molar-refractivity contribution in [2.75, 3.05) is 51.0 Å². The summed E-state index contributed by atoms with van der Waals surface area (Å²) in [5.74, 6) is -0.253. The van der Waals surface area contributed by atoms with Crippen LogP contribution in [0.2, 0.25) is 5.02 Å². The smallest absolute Gasteiger partial charge is 0.264 e. The number of aromatic hydroxyl groups is 1. The third kappa shape index (κ3) is 7.49. The monoisotopic (exact) mass is 718 g/mol. The van der Waals surface area contributed by atoms with E-state index in [9.17, 15) is 14.7 Å². The lowest BCUT2D eigenvalue weighted by atomic mass is 9.93. The van der Waals surface area contributed by atoms with Crippen LogP contribution in [0, 0.1) is 6.92 Å². The highest BCUT2D eigenvalue weighted by atomic mass is 35.5. The molecule has 0 radical (unpaired) electrons. The van der Waals surface area contributed by atoms with Gasteiger partial charge in [0.25, 0.3) is 11.8 Å². The van der Waals surface area contributed by atoms with Crippen LogP contribution in [0.3, 0.4) is 0 Å². The molecule has 2 aliphatic heterocycles. The third-order valence-corrected chi connectivity index (χ3v) is 10.4. The molecule has 9 nitrogen and oxygen atoms in total. The van der Waals surface area contributed by atoms with E-state index in [0.717, 1.165) is 44.1 Å². The molecule has 0 saturated carbocycles. The van der Waals surface area contributed by atoms with E-state index in [-0.39, 0.29) is 23.6 Å². The van der Waals surface area contributed by atoms with Gasteiger partial charge in [0.15, 0.2) is 0 Å². The molecule has 1 fully saturated rings. The molecule has 52 heavy (non-hydrogen) atoms. The highest BCUT2D eigenvalue weighted by molar-refractivity contribution is 6.31. The molecule has 0 spiro atoms. The lowest BCUT2D eigenvalue weighted by Crippen LogP contribution is -2.47. The van der Waals surface area contributed by atoms with Crippen molar-refractivity contribution in [1.29, 1.82) is 0 Å². The fourth-order valence-electron chi connectivity index (χ4n) is 7.14. The fraction of sp³-hybridized carbons (Fsp3) is 0.286. The molecule has 2 aliphatic rings. The average molecular weight is 719 g/mol. The quantitative estimate of drug-likeness (QED) is 0.153. The molecular weight excluding hydrogens is 676 g/mol. The van der Waals surface area contributed by atoms with Gasteiger partial charge >= 0.3 is 0 Å². The van der Waals surface area contributed by atoms with Gasteiger partial charge in [0.2, 0.25) is 0 Å². The number of carbonyl (C=O) groups excluding carboxylic acids is 2. The number of phenols is 1. The van der Waals surface area contributed by atoms with Crippen LogP contribution in [0.15, 0.2) is 103 Å². The van der Waals surface area contributed by atoms with Crippen molar-refractivity contribution in [3.05, 3.63) is 136 Å². The summed E-state index contributed by atoms with van der Waals surface area (Å²) in [6.07, 6.45) is 0.691. The molecule has 0 bridgehead atoms. The van der Waals surface area contributed by atoms with Crippen molar-refractivity contribution in [2.45, 2.75) is 25.9 Å². The SMILES string of the molecule is Cc1c(C(=O)N(c2ccccc2)c2ccc(O)cc2)cc(-c2cc(Cl)ccc2C(=O)N2Cc3ccccc3C[C@@H]2COCCN2CCOCC2)n1C. The maximum absolute atomic E-state index is 14.7. The first-order chi connectivity index (χ1) is 25.3. The van der Waals surface area contributed by atoms with Crippen LogP contribution in [0.25, 0.3) is 11.3 Å². The Morgan fingerprint density at radius 3 is 2.33 bits per heavy atom. The zero-order valence-electron chi connectivity index (χ0n) is 29.5. The van der Waals surface area contributed by atoms with Gasteiger partial charge in [0.1, 0.15) is 5.75 Å². The van der Waals surface area contributed by atoms with E-state index < -0.39 is 0 Å². The van der Waals surface area contributed by atoms with Crippen molar-refractivity contribution in [3.8, 4) is 17.0 Å². The molecule has 3 heterocycles. The highest BCUT2D eigenvalue weighted by Crippen LogP contribution is 2.36. The van der Waals surface area contributed by atoms with Crippen LogP contribution in [0.1, 0.15) is 37.5 Å². The Labute approximate surface area is 309 Å². The number of hydrogen-bond acceptors (Lipinski definition) is 6. The van der Waals surface area contributed by atoms with E-state index >= 15 is 0 Å². The number of phenolic OH excluding ortho intramolecular Hbond substituents is 1. The van der Waals surface area contributed by atoms with Crippen molar-refractivity contribution < 1.29 is 24.2 Å². The number of ether oxygens (including phenoxy) is 2. The minimum Gasteiger partial charge on any atom is -0.508 e. The number of amides is 2. The molecule has 1 atom stereocenters. The molecular formula is C42H43ClN4O5. The number of anilines is 2. The molecule has 0 aliphatic carbocycles. The van der Waals surface area contributed by atoms with Crippen molar-refractivity contribution in [1.82, 2.24) is 14.4 Å². The maximum atomic E-state index is 14.7. The molecule has 0 unspecified atom stereocenters. The Morgan fingerprint density at radius 2 is 1.58 bits per heavy atom. The van der Waals surface area contributed by atoms with E-state index in [1.165, 1.54) is 5.56 Å². The number of nitrogens with zero attached hydrogens (tertiary/aromatic N) is 4. The van der Waals surface area contributed by atoms with E-state index in [2.05, 4.69) is 17.0 Å². The zero-order valence-corrected chi connectivity index (χ0v) is 30.3. The Morgan fingerprint density at radius 1 is 0.885 bits per heavy atom. The minimum atomic E-state index is -0.243. The molecule has 7 rings (SSSR count). The van der Waals surface area contributed by atoms with E-state index in [1.807, 2.05) is 72.0 Å². The molecule has 2 amide bonds. The van der Waals surface area contributed by atoms with Gasteiger partial charge in [0, 0.05) is 72.1 Å².